The van der Waals surface area contributed by atoms with E-state index in [1.807, 2.05) is 51.1 Å². The number of hydrogen-bond acceptors (Lipinski definition) is 5. The highest BCUT2D eigenvalue weighted by molar-refractivity contribution is 6.29. The predicted molar refractivity (Wildman–Crippen MR) is 120 cm³/mol. The fraction of sp³-hybridized carbons (Fsp3) is 0.348. The van der Waals surface area contributed by atoms with Crippen molar-refractivity contribution in [2.45, 2.75) is 39.2 Å². The summed E-state index contributed by atoms with van der Waals surface area (Å²) in [6.45, 7) is 6.04. The summed E-state index contributed by atoms with van der Waals surface area (Å²) in [5.41, 5.74) is 1.34. The number of likely N-dealkylation sites (tertiary alicyclic amines) is 1. The van der Waals surface area contributed by atoms with Crippen molar-refractivity contribution in [1.82, 2.24) is 20.1 Å². The SMILES string of the molecule is CC(C)(C)C(=O)N1CC[C@H](c2ccc(Cl)nn2)[C@@H]1C(=O)Nc1cccc2cccnc12. The minimum absolute atomic E-state index is 0.0758. The average molecular weight is 438 g/mol. The maximum Gasteiger partial charge on any atom is 0.247 e. The monoisotopic (exact) mass is 437 g/mol. The molecular weight excluding hydrogens is 414 g/mol. The van der Waals surface area contributed by atoms with E-state index in [9.17, 15) is 9.59 Å². The Morgan fingerprint density at radius 1 is 1.10 bits per heavy atom. The summed E-state index contributed by atoms with van der Waals surface area (Å²) in [5.74, 6) is -0.623. The Morgan fingerprint density at radius 3 is 2.58 bits per heavy atom. The highest BCUT2D eigenvalue weighted by Crippen LogP contribution is 2.36. The molecule has 3 heterocycles. The Kier molecular flexibility index (Phi) is 5.62. The third kappa shape index (κ3) is 4.23. The van der Waals surface area contributed by atoms with Gasteiger partial charge in [-0.25, -0.2) is 0 Å². The smallest absolute Gasteiger partial charge is 0.247 e. The van der Waals surface area contributed by atoms with Crippen molar-refractivity contribution in [1.29, 1.82) is 0 Å². The second-order valence-electron chi connectivity index (χ2n) is 8.74. The lowest BCUT2D eigenvalue weighted by molar-refractivity contribution is -0.143. The first kappa shape index (κ1) is 21.2. The molecule has 31 heavy (non-hydrogen) atoms. The molecule has 0 aliphatic carbocycles. The number of aromatic nitrogens is 3. The molecule has 1 aliphatic rings. The van der Waals surface area contributed by atoms with Crippen LogP contribution in [0, 0.1) is 5.41 Å². The van der Waals surface area contributed by atoms with Gasteiger partial charge in [-0.3, -0.25) is 14.6 Å². The van der Waals surface area contributed by atoms with E-state index in [0.717, 1.165) is 5.39 Å². The molecule has 8 heteroatoms. The molecule has 1 saturated heterocycles. The molecule has 3 aromatic rings. The van der Waals surface area contributed by atoms with Crippen LogP contribution >= 0.6 is 11.6 Å². The van der Waals surface area contributed by atoms with Crippen LogP contribution < -0.4 is 5.32 Å². The molecule has 1 fully saturated rings. The number of halogens is 1. The van der Waals surface area contributed by atoms with Gasteiger partial charge in [0, 0.05) is 29.5 Å². The number of anilines is 1. The number of para-hydroxylation sites is 1. The number of carbonyl (C=O) groups is 2. The molecule has 1 aliphatic heterocycles. The van der Waals surface area contributed by atoms with Crippen molar-refractivity contribution >= 4 is 40.0 Å². The molecule has 0 bridgehead atoms. The number of pyridine rings is 1. The van der Waals surface area contributed by atoms with Gasteiger partial charge in [0.1, 0.15) is 6.04 Å². The van der Waals surface area contributed by atoms with Crippen LogP contribution in [0.5, 0.6) is 0 Å². The van der Waals surface area contributed by atoms with Gasteiger partial charge in [-0.05, 0) is 30.7 Å². The topological polar surface area (TPSA) is 88.1 Å². The highest BCUT2D eigenvalue weighted by atomic mass is 35.5. The zero-order chi connectivity index (χ0) is 22.2. The summed E-state index contributed by atoms with van der Waals surface area (Å²) < 4.78 is 0. The predicted octanol–water partition coefficient (Wildman–Crippen LogP) is 4.05. The fourth-order valence-electron chi connectivity index (χ4n) is 4.02. The van der Waals surface area contributed by atoms with E-state index in [1.165, 1.54) is 0 Å². The van der Waals surface area contributed by atoms with Crippen LogP contribution in [0.25, 0.3) is 10.9 Å². The summed E-state index contributed by atoms with van der Waals surface area (Å²) in [4.78, 5) is 32.8. The zero-order valence-electron chi connectivity index (χ0n) is 17.7. The molecule has 7 nitrogen and oxygen atoms in total. The van der Waals surface area contributed by atoms with Gasteiger partial charge in [0.25, 0.3) is 0 Å². The lowest BCUT2D eigenvalue weighted by Gasteiger charge is -2.32. The molecule has 1 N–H and O–H groups in total. The molecule has 0 radical (unpaired) electrons. The summed E-state index contributed by atoms with van der Waals surface area (Å²) in [6, 6.07) is 12.1. The summed E-state index contributed by atoms with van der Waals surface area (Å²) in [5, 5.41) is 12.3. The lowest BCUT2D eigenvalue weighted by atomic mass is 9.92. The largest absolute Gasteiger partial charge is 0.329 e. The van der Waals surface area contributed by atoms with Crippen LogP contribution in [0.4, 0.5) is 5.69 Å². The first-order valence-electron chi connectivity index (χ1n) is 10.2. The normalized spacial score (nSPS) is 18.9. The Bertz CT molecular complexity index is 1120. The van der Waals surface area contributed by atoms with Gasteiger partial charge in [-0.1, -0.05) is 50.6 Å². The molecule has 2 aromatic heterocycles. The van der Waals surface area contributed by atoms with Gasteiger partial charge in [-0.2, -0.15) is 5.10 Å². The fourth-order valence-corrected chi connectivity index (χ4v) is 4.12. The number of hydrogen-bond donors (Lipinski definition) is 1. The summed E-state index contributed by atoms with van der Waals surface area (Å²) in [7, 11) is 0. The van der Waals surface area contributed by atoms with Crippen LogP contribution in [0.1, 0.15) is 38.8 Å². The van der Waals surface area contributed by atoms with Gasteiger partial charge in [-0.15, -0.1) is 5.10 Å². The summed E-state index contributed by atoms with van der Waals surface area (Å²) >= 11 is 5.89. The summed E-state index contributed by atoms with van der Waals surface area (Å²) in [6.07, 6.45) is 2.30. The van der Waals surface area contributed by atoms with Crippen LogP contribution in [0.15, 0.2) is 48.7 Å². The van der Waals surface area contributed by atoms with Gasteiger partial charge >= 0.3 is 0 Å². The number of rotatable bonds is 3. The van der Waals surface area contributed by atoms with Crippen LogP contribution in [-0.2, 0) is 9.59 Å². The minimum Gasteiger partial charge on any atom is -0.329 e. The third-order valence-electron chi connectivity index (χ3n) is 5.49. The third-order valence-corrected chi connectivity index (χ3v) is 5.69. The Morgan fingerprint density at radius 2 is 1.87 bits per heavy atom. The maximum atomic E-state index is 13.5. The van der Waals surface area contributed by atoms with Crippen molar-refractivity contribution < 1.29 is 9.59 Å². The number of nitrogens with zero attached hydrogens (tertiary/aromatic N) is 4. The second kappa shape index (κ2) is 8.23. The van der Waals surface area contributed by atoms with E-state index in [4.69, 9.17) is 11.6 Å². The van der Waals surface area contributed by atoms with E-state index < -0.39 is 11.5 Å². The number of fused-ring (bicyclic) bond motifs is 1. The first-order chi connectivity index (χ1) is 14.8. The molecule has 0 saturated carbocycles. The van der Waals surface area contributed by atoms with Crippen LogP contribution in [0.2, 0.25) is 5.15 Å². The number of benzene rings is 1. The number of nitrogens with one attached hydrogen (secondary N) is 1. The van der Waals surface area contributed by atoms with Crippen molar-refractivity contribution in [2.24, 2.45) is 5.41 Å². The van der Waals surface area contributed by atoms with Crippen LogP contribution in [-0.4, -0.2) is 44.5 Å². The van der Waals surface area contributed by atoms with Gasteiger partial charge in [0.05, 0.1) is 16.9 Å². The Hall–Kier alpha value is -3.06. The molecule has 2 atom stereocenters. The average Bonchev–Trinajstić information content (AvgIpc) is 3.18. The molecule has 4 rings (SSSR count). The zero-order valence-corrected chi connectivity index (χ0v) is 18.4. The van der Waals surface area contributed by atoms with E-state index >= 15 is 0 Å². The number of amides is 2. The Balaban J connectivity index is 1.70. The Labute approximate surface area is 185 Å². The van der Waals surface area contributed by atoms with Crippen LogP contribution in [0.3, 0.4) is 0 Å². The van der Waals surface area contributed by atoms with E-state index in [-0.39, 0.29) is 22.9 Å². The second-order valence-corrected chi connectivity index (χ2v) is 9.13. The van der Waals surface area contributed by atoms with Crippen molar-refractivity contribution in [2.75, 3.05) is 11.9 Å². The van der Waals surface area contributed by atoms with Crippen molar-refractivity contribution in [3.05, 3.63) is 59.5 Å². The number of carbonyl (C=O) groups excluding carboxylic acids is 2. The lowest BCUT2D eigenvalue weighted by Crippen LogP contribution is -2.49. The minimum atomic E-state index is -0.707. The van der Waals surface area contributed by atoms with E-state index in [0.29, 0.717) is 29.9 Å². The standard InChI is InChI=1S/C23H24ClN5O2/c1-23(2,3)22(31)29-13-11-15(16-9-10-18(24)28-27-16)20(29)21(30)26-17-8-4-6-14-7-5-12-25-19(14)17/h4-10,12,15,20H,11,13H2,1-3H3,(H,26,30)/t15-,20-/m1/s1. The highest BCUT2D eigenvalue weighted by Gasteiger charge is 2.45. The molecule has 0 unspecified atom stereocenters. The van der Waals surface area contributed by atoms with Gasteiger partial charge < -0.3 is 10.2 Å². The maximum absolute atomic E-state index is 13.5. The van der Waals surface area contributed by atoms with Crippen molar-refractivity contribution in [3.8, 4) is 0 Å². The van der Waals surface area contributed by atoms with Crippen molar-refractivity contribution in [3.63, 3.8) is 0 Å². The van der Waals surface area contributed by atoms with Gasteiger partial charge in [0.15, 0.2) is 5.15 Å². The quantitative estimate of drug-likeness (QED) is 0.667. The molecular formula is C23H24ClN5O2. The van der Waals surface area contributed by atoms with Gasteiger partial charge in [0.2, 0.25) is 11.8 Å². The molecule has 1 aromatic carbocycles. The van der Waals surface area contributed by atoms with E-state index in [1.54, 1.807) is 23.2 Å². The molecule has 160 valence electrons. The van der Waals surface area contributed by atoms with E-state index in [2.05, 4.69) is 20.5 Å². The first-order valence-corrected chi connectivity index (χ1v) is 10.6. The molecule has 0 spiro atoms. The molecule has 2 amide bonds.